The zero-order valence-electron chi connectivity index (χ0n) is 8.81. The van der Waals surface area contributed by atoms with E-state index in [0.717, 1.165) is 10.8 Å². The molecule has 78 valence electrons. The fourth-order valence-electron chi connectivity index (χ4n) is 1.68. The lowest BCUT2D eigenvalue weighted by Gasteiger charge is -2.01. The lowest BCUT2D eigenvalue weighted by molar-refractivity contribution is 0.0984. The maximum Gasteiger partial charge on any atom is 0.163 e. The zero-order valence-corrected chi connectivity index (χ0v) is 8.81. The molecule has 0 saturated carbocycles. The van der Waals surface area contributed by atoms with Crippen molar-refractivity contribution in [3.05, 3.63) is 48.0 Å². The third kappa shape index (κ3) is 2.09. The second-order valence-electron chi connectivity index (χ2n) is 3.64. The highest BCUT2D eigenvalue weighted by molar-refractivity contribution is 5.99. The predicted octanol–water partition coefficient (Wildman–Crippen LogP) is 3.33. The number of hydrogen-bond donors (Lipinski definition) is 0. The summed E-state index contributed by atoms with van der Waals surface area (Å²) in [5.41, 5.74) is 0.689. The molecular weight excluding hydrogens is 198 g/mol. The van der Waals surface area contributed by atoms with Crippen molar-refractivity contribution in [3.63, 3.8) is 0 Å². The zero-order chi connectivity index (χ0) is 11.4. The minimum atomic E-state index is 0.0345. The van der Waals surface area contributed by atoms with Crippen molar-refractivity contribution in [3.8, 4) is 6.07 Å². The largest absolute Gasteiger partial charge is 0.294 e. The highest BCUT2D eigenvalue weighted by Crippen LogP contribution is 2.16. The number of benzene rings is 2. The smallest absolute Gasteiger partial charge is 0.163 e. The SMILES string of the molecule is N#CCCC(=O)c1ccc2ccccc2c1. The van der Waals surface area contributed by atoms with Crippen molar-refractivity contribution in [1.82, 2.24) is 0 Å². The van der Waals surface area contributed by atoms with Crippen molar-refractivity contribution in [2.24, 2.45) is 0 Å². The lowest BCUT2D eigenvalue weighted by atomic mass is 10.0. The van der Waals surface area contributed by atoms with Crippen molar-refractivity contribution in [2.45, 2.75) is 12.8 Å². The van der Waals surface area contributed by atoms with Gasteiger partial charge in [-0.1, -0.05) is 36.4 Å². The lowest BCUT2D eigenvalue weighted by Crippen LogP contribution is -1.97. The number of ketones is 1. The monoisotopic (exact) mass is 209 g/mol. The van der Waals surface area contributed by atoms with E-state index >= 15 is 0 Å². The van der Waals surface area contributed by atoms with Gasteiger partial charge in [-0.05, 0) is 16.8 Å². The summed E-state index contributed by atoms with van der Waals surface area (Å²) in [6.45, 7) is 0. The Morgan fingerprint density at radius 1 is 1.12 bits per heavy atom. The van der Waals surface area contributed by atoms with Crippen LogP contribution in [0.25, 0.3) is 10.8 Å². The van der Waals surface area contributed by atoms with Gasteiger partial charge in [-0.3, -0.25) is 4.79 Å². The Bertz CT molecular complexity index is 566. The minimum absolute atomic E-state index is 0.0345. The first-order valence-corrected chi connectivity index (χ1v) is 5.20. The summed E-state index contributed by atoms with van der Waals surface area (Å²) in [6, 6.07) is 15.5. The molecule has 0 aromatic heterocycles. The summed E-state index contributed by atoms with van der Waals surface area (Å²) in [6.07, 6.45) is 0.584. The first-order chi connectivity index (χ1) is 7.81. The van der Waals surface area contributed by atoms with Crippen LogP contribution in [-0.4, -0.2) is 5.78 Å². The highest BCUT2D eigenvalue weighted by atomic mass is 16.1. The van der Waals surface area contributed by atoms with E-state index in [1.807, 2.05) is 48.5 Å². The Morgan fingerprint density at radius 3 is 2.62 bits per heavy atom. The summed E-state index contributed by atoms with van der Waals surface area (Å²) in [5.74, 6) is 0.0345. The summed E-state index contributed by atoms with van der Waals surface area (Å²) < 4.78 is 0. The molecule has 2 nitrogen and oxygen atoms in total. The van der Waals surface area contributed by atoms with Gasteiger partial charge in [0, 0.05) is 18.4 Å². The number of carbonyl (C=O) groups excluding carboxylic acids is 1. The Hall–Kier alpha value is -2.14. The van der Waals surface area contributed by atoms with Crippen LogP contribution in [0, 0.1) is 11.3 Å². The van der Waals surface area contributed by atoms with Gasteiger partial charge in [-0.25, -0.2) is 0 Å². The van der Waals surface area contributed by atoms with E-state index in [2.05, 4.69) is 0 Å². The maximum absolute atomic E-state index is 11.7. The highest BCUT2D eigenvalue weighted by Gasteiger charge is 2.05. The number of rotatable bonds is 3. The quantitative estimate of drug-likeness (QED) is 0.727. The molecule has 0 fully saturated rings. The van der Waals surface area contributed by atoms with Crippen LogP contribution in [0.1, 0.15) is 23.2 Å². The van der Waals surface area contributed by atoms with Crippen LogP contribution < -0.4 is 0 Å². The molecule has 0 atom stereocenters. The van der Waals surface area contributed by atoms with E-state index in [0.29, 0.717) is 12.0 Å². The van der Waals surface area contributed by atoms with E-state index in [9.17, 15) is 4.79 Å². The van der Waals surface area contributed by atoms with Gasteiger partial charge in [0.05, 0.1) is 6.07 Å². The van der Waals surface area contributed by atoms with E-state index < -0.39 is 0 Å². The van der Waals surface area contributed by atoms with Gasteiger partial charge < -0.3 is 0 Å². The molecule has 0 radical (unpaired) electrons. The Morgan fingerprint density at radius 2 is 1.88 bits per heavy atom. The van der Waals surface area contributed by atoms with Crippen LogP contribution in [0.3, 0.4) is 0 Å². The van der Waals surface area contributed by atoms with Crippen LogP contribution in [0.15, 0.2) is 42.5 Å². The molecule has 2 heteroatoms. The third-order valence-corrected chi connectivity index (χ3v) is 2.54. The molecular formula is C14H11NO. The normalized spacial score (nSPS) is 9.94. The maximum atomic E-state index is 11.7. The molecule has 0 N–H and O–H groups in total. The van der Waals surface area contributed by atoms with Crippen LogP contribution in [0.5, 0.6) is 0 Å². The molecule has 0 unspecified atom stereocenters. The van der Waals surface area contributed by atoms with Crippen molar-refractivity contribution >= 4 is 16.6 Å². The van der Waals surface area contributed by atoms with Gasteiger partial charge in [0.25, 0.3) is 0 Å². The summed E-state index contributed by atoms with van der Waals surface area (Å²) in [5, 5.41) is 10.6. The molecule has 0 amide bonds. The first kappa shape index (κ1) is 10.4. The Kier molecular flexibility index (Phi) is 2.98. The van der Waals surface area contributed by atoms with Gasteiger partial charge in [-0.2, -0.15) is 5.26 Å². The summed E-state index contributed by atoms with van der Waals surface area (Å²) in [4.78, 5) is 11.7. The van der Waals surface area contributed by atoms with Gasteiger partial charge in [0.1, 0.15) is 0 Å². The second kappa shape index (κ2) is 4.59. The topological polar surface area (TPSA) is 40.9 Å². The molecule has 0 aliphatic carbocycles. The molecule has 0 aliphatic rings. The van der Waals surface area contributed by atoms with Crippen LogP contribution in [0.4, 0.5) is 0 Å². The van der Waals surface area contributed by atoms with Gasteiger partial charge >= 0.3 is 0 Å². The summed E-state index contributed by atoms with van der Waals surface area (Å²) >= 11 is 0. The van der Waals surface area contributed by atoms with Gasteiger partial charge in [0.2, 0.25) is 0 Å². The standard InChI is InChI=1S/C14H11NO/c15-9-3-6-14(16)13-8-7-11-4-1-2-5-12(11)10-13/h1-2,4-5,7-8,10H,3,6H2. The van der Waals surface area contributed by atoms with E-state index in [-0.39, 0.29) is 12.2 Å². The average molecular weight is 209 g/mol. The fraction of sp³-hybridized carbons (Fsp3) is 0.143. The van der Waals surface area contributed by atoms with Gasteiger partial charge in [0.15, 0.2) is 5.78 Å². The molecule has 2 aromatic rings. The van der Waals surface area contributed by atoms with Crippen molar-refractivity contribution in [1.29, 1.82) is 5.26 Å². The number of carbonyl (C=O) groups is 1. The summed E-state index contributed by atoms with van der Waals surface area (Å²) in [7, 11) is 0. The predicted molar refractivity (Wildman–Crippen MR) is 63.1 cm³/mol. The third-order valence-electron chi connectivity index (χ3n) is 2.54. The Balaban J connectivity index is 2.33. The molecule has 0 aliphatic heterocycles. The number of fused-ring (bicyclic) bond motifs is 1. The van der Waals surface area contributed by atoms with E-state index in [1.54, 1.807) is 0 Å². The molecule has 0 bridgehead atoms. The first-order valence-electron chi connectivity index (χ1n) is 5.20. The molecule has 16 heavy (non-hydrogen) atoms. The molecule has 2 rings (SSSR count). The van der Waals surface area contributed by atoms with Crippen LogP contribution >= 0.6 is 0 Å². The second-order valence-corrected chi connectivity index (χ2v) is 3.64. The van der Waals surface area contributed by atoms with Crippen molar-refractivity contribution in [2.75, 3.05) is 0 Å². The number of Topliss-reactive ketones (excluding diaryl/α,β-unsaturated/α-hetero) is 1. The molecule has 2 aromatic carbocycles. The number of nitriles is 1. The molecule has 0 saturated heterocycles. The number of nitrogens with zero attached hydrogens (tertiary/aromatic N) is 1. The van der Waals surface area contributed by atoms with Crippen molar-refractivity contribution < 1.29 is 4.79 Å². The Labute approximate surface area is 94.1 Å². The van der Waals surface area contributed by atoms with Crippen LogP contribution in [0.2, 0.25) is 0 Å². The van der Waals surface area contributed by atoms with E-state index in [4.69, 9.17) is 5.26 Å². The fourth-order valence-corrected chi connectivity index (χ4v) is 1.68. The minimum Gasteiger partial charge on any atom is -0.294 e. The molecule has 0 spiro atoms. The van der Waals surface area contributed by atoms with Crippen LogP contribution in [-0.2, 0) is 0 Å². The molecule has 0 heterocycles. The average Bonchev–Trinajstić information content (AvgIpc) is 2.35. The number of hydrogen-bond acceptors (Lipinski definition) is 2. The van der Waals surface area contributed by atoms with Gasteiger partial charge in [-0.15, -0.1) is 0 Å². The van der Waals surface area contributed by atoms with E-state index in [1.165, 1.54) is 0 Å².